The third-order valence-corrected chi connectivity index (χ3v) is 4.30. The van der Waals surface area contributed by atoms with Gasteiger partial charge in [-0.25, -0.2) is 9.98 Å². The second-order valence-corrected chi connectivity index (χ2v) is 7.74. The molecule has 0 radical (unpaired) electrons. The fourth-order valence-electron chi connectivity index (χ4n) is 2.22. The summed E-state index contributed by atoms with van der Waals surface area (Å²) in [5, 5.41) is 6.49. The molecule has 1 aromatic carbocycles. The van der Waals surface area contributed by atoms with Crippen LogP contribution in [0.15, 0.2) is 38.3 Å². The van der Waals surface area contributed by atoms with E-state index in [0.717, 1.165) is 34.1 Å². The third-order valence-electron chi connectivity index (χ3n) is 3.68. The zero-order valence-corrected chi connectivity index (χ0v) is 20.3. The van der Waals surface area contributed by atoms with E-state index >= 15 is 0 Å². The van der Waals surface area contributed by atoms with Gasteiger partial charge in [-0.05, 0) is 40.5 Å². The molecule has 2 N–H and O–H groups in total. The largest absolute Gasteiger partial charge is 0.496 e. The summed E-state index contributed by atoms with van der Waals surface area (Å²) in [6, 6.07) is 5.94. The first-order valence-electron chi connectivity index (χ1n) is 8.63. The van der Waals surface area contributed by atoms with Crippen LogP contribution in [0.3, 0.4) is 0 Å². The fourth-order valence-corrected chi connectivity index (χ4v) is 2.81. The van der Waals surface area contributed by atoms with Gasteiger partial charge in [0.1, 0.15) is 11.5 Å². The topological polar surface area (TPSA) is 71.7 Å². The van der Waals surface area contributed by atoms with Crippen LogP contribution < -0.4 is 15.4 Å². The smallest absolute Gasteiger partial charge is 0.213 e. The number of aliphatic imine (C=N–C) groups is 1. The Labute approximate surface area is 186 Å². The van der Waals surface area contributed by atoms with Crippen LogP contribution in [0.5, 0.6) is 5.75 Å². The van der Waals surface area contributed by atoms with Crippen molar-refractivity contribution >= 4 is 45.9 Å². The number of oxazole rings is 1. The molecule has 1 aromatic heterocycles. The van der Waals surface area contributed by atoms with Crippen molar-refractivity contribution in [2.75, 3.05) is 13.7 Å². The van der Waals surface area contributed by atoms with Crippen molar-refractivity contribution in [1.29, 1.82) is 0 Å². The Balaban J connectivity index is 0.00000364. The summed E-state index contributed by atoms with van der Waals surface area (Å²) >= 11 is 3.50. The van der Waals surface area contributed by atoms with E-state index in [1.165, 1.54) is 0 Å². The first-order valence-corrected chi connectivity index (χ1v) is 9.42. The number of rotatable bonds is 6. The van der Waals surface area contributed by atoms with Crippen LogP contribution in [-0.2, 0) is 18.5 Å². The van der Waals surface area contributed by atoms with Crippen molar-refractivity contribution in [2.24, 2.45) is 4.99 Å². The van der Waals surface area contributed by atoms with Gasteiger partial charge in [0, 0.05) is 12.0 Å². The summed E-state index contributed by atoms with van der Waals surface area (Å²) in [7, 11) is 1.65. The molecule has 6 nitrogen and oxygen atoms in total. The lowest BCUT2D eigenvalue weighted by Crippen LogP contribution is -2.36. The van der Waals surface area contributed by atoms with Crippen molar-refractivity contribution in [3.8, 4) is 5.75 Å². The molecule has 0 fully saturated rings. The molecule has 27 heavy (non-hydrogen) atoms. The molecule has 2 aromatic rings. The van der Waals surface area contributed by atoms with Gasteiger partial charge in [-0.2, -0.15) is 0 Å². The molecule has 150 valence electrons. The van der Waals surface area contributed by atoms with Gasteiger partial charge in [-0.1, -0.05) is 26.8 Å². The van der Waals surface area contributed by atoms with E-state index in [2.05, 4.69) is 57.3 Å². The lowest BCUT2D eigenvalue weighted by Gasteiger charge is -2.13. The Bertz CT molecular complexity index is 756. The maximum atomic E-state index is 5.80. The van der Waals surface area contributed by atoms with Crippen LogP contribution in [0.2, 0.25) is 0 Å². The quantitative estimate of drug-likeness (QED) is 0.312. The minimum absolute atomic E-state index is 0. The Morgan fingerprint density at radius 2 is 2.04 bits per heavy atom. The monoisotopic (exact) mass is 550 g/mol. The van der Waals surface area contributed by atoms with Gasteiger partial charge in [0.05, 0.1) is 30.9 Å². The average molecular weight is 551 g/mol. The molecule has 0 atom stereocenters. The lowest BCUT2D eigenvalue weighted by atomic mass is 9.94. The highest BCUT2D eigenvalue weighted by Gasteiger charge is 2.19. The molecule has 0 saturated heterocycles. The molecular weight excluding hydrogens is 523 g/mol. The summed E-state index contributed by atoms with van der Waals surface area (Å²) in [6.45, 7) is 10.1. The summed E-state index contributed by atoms with van der Waals surface area (Å²) in [5.41, 5.74) is 1.03. The number of benzene rings is 1. The number of halogens is 2. The van der Waals surface area contributed by atoms with Gasteiger partial charge in [0.25, 0.3) is 0 Å². The maximum absolute atomic E-state index is 5.80. The zero-order chi connectivity index (χ0) is 19.2. The summed E-state index contributed by atoms with van der Waals surface area (Å²) in [5.74, 6) is 3.04. The SMILES string of the molecule is CCNC(=NCc1ccc(OC)c(Br)c1)NCc1ncc(C(C)(C)C)o1.I. The standard InChI is InChI=1S/C19H27BrN4O2.HI/c1-6-21-18(23-10-13-7-8-15(25-5)14(20)9-13)24-12-17-22-11-16(26-17)19(2,3)4;/h7-9,11H,6,10,12H2,1-5H3,(H2,21,23,24);1H. The molecule has 0 amide bonds. The van der Waals surface area contributed by atoms with E-state index in [9.17, 15) is 0 Å². The van der Waals surface area contributed by atoms with Gasteiger partial charge in [-0.3, -0.25) is 0 Å². The van der Waals surface area contributed by atoms with Crippen molar-refractivity contribution in [3.05, 3.63) is 46.1 Å². The third kappa shape index (κ3) is 7.33. The molecule has 0 bridgehead atoms. The van der Waals surface area contributed by atoms with Crippen LogP contribution in [-0.4, -0.2) is 24.6 Å². The average Bonchev–Trinajstić information content (AvgIpc) is 3.07. The molecule has 0 aliphatic carbocycles. The van der Waals surface area contributed by atoms with E-state index in [4.69, 9.17) is 9.15 Å². The first kappa shape index (κ1) is 23.7. The minimum Gasteiger partial charge on any atom is -0.496 e. The molecule has 0 unspecified atom stereocenters. The van der Waals surface area contributed by atoms with E-state index in [0.29, 0.717) is 19.0 Å². The second kappa shape index (κ2) is 10.9. The summed E-state index contributed by atoms with van der Waals surface area (Å²) < 4.78 is 12.0. The Morgan fingerprint density at radius 3 is 2.59 bits per heavy atom. The van der Waals surface area contributed by atoms with Crippen LogP contribution in [0.1, 0.15) is 44.9 Å². The number of ether oxygens (including phenoxy) is 1. The Kier molecular flexibility index (Phi) is 9.58. The van der Waals surface area contributed by atoms with E-state index in [1.54, 1.807) is 13.3 Å². The number of hydrogen-bond acceptors (Lipinski definition) is 4. The predicted molar refractivity (Wildman–Crippen MR) is 123 cm³/mol. The van der Waals surface area contributed by atoms with Crippen LogP contribution >= 0.6 is 39.9 Å². The second-order valence-electron chi connectivity index (χ2n) is 6.89. The number of nitrogens with one attached hydrogen (secondary N) is 2. The molecule has 0 saturated carbocycles. The number of nitrogens with zero attached hydrogens (tertiary/aromatic N) is 2. The Morgan fingerprint density at radius 1 is 1.30 bits per heavy atom. The fraction of sp³-hybridized carbons (Fsp3) is 0.474. The van der Waals surface area contributed by atoms with Crippen LogP contribution in [0.4, 0.5) is 0 Å². The highest BCUT2D eigenvalue weighted by Crippen LogP contribution is 2.25. The van der Waals surface area contributed by atoms with Crippen molar-refractivity contribution in [3.63, 3.8) is 0 Å². The van der Waals surface area contributed by atoms with Gasteiger partial charge in [-0.15, -0.1) is 24.0 Å². The van der Waals surface area contributed by atoms with E-state index < -0.39 is 0 Å². The van der Waals surface area contributed by atoms with Crippen molar-refractivity contribution in [1.82, 2.24) is 15.6 Å². The molecule has 0 aliphatic rings. The minimum atomic E-state index is -0.0500. The van der Waals surface area contributed by atoms with E-state index in [1.807, 2.05) is 25.1 Å². The first-order chi connectivity index (χ1) is 12.3. The van der Waals surface area contributed by atoms with Gasteiger partial charge >= 0.3 is 0 Å². The number of aromatic nitrogens is 1. The Hall–Kier alpha value is -1.29. The molecule has 2 rings (SSSR count). The molecule has 1 heterocycles. The predicted octanol–water partition coefficient (Wildman–Crippen LogP) is 4.62. The van der Waals surface area contributed by atoms with Crippen LogP contribution in [0, 0.1) is 0 Å². The number of methoxy groups -OCH3 is 1. The molecule has 0 aliphatic heterocycles. The highest BCUT2D eigenvalue weighted by molar-refractivity contribution is 14.0. The normalized spacial score (nSPS) is 11.7. The molecular formula is C19H28BrIN4O2. The summed E-state index contributed by atoms with van der Waals surface area (Å²) in [4.78, 5) is 8.95. The molecule has 8 heteroatoms. The van der Waals surface area contributed by atoms with Gasteiger partial charge < -0.3 is 19.8 Å². The zero-order valence-electron chi connectivity index (χ0n) is 16.4. The van der Waals surface area contributed by atoms with Crippen LogP contribution in [0.25, 0.3) is 0 Å². The molecule has 0 spiro atoms. The number of guanidine groups is 1. The van der Waals surface area contributed by atoms with Gasteiger partial charge in [0.2, 0.25) is 5.89 Å². The summed E-state index contributed by atoms with van der Waals surface area (Å²) in [6.07, 6.45) is 1.79. The maximum Gasteiger partial charge on any atom is 0.213 e. The highest BCUT2D eigenvalue weighted by atomic mass is 127. The van der Waals surface area contributed by atoms with E-state index in [-0.39, 0.29) is 29.4 Å². The van der Waals surface area contributed by atoms with Crippen molar-refractivity contribution in [2.45, 2.75) is 46.2 Å². The number of hydrogen-bond donors (Lipinski definition) is 2. The van der Waals surface area contributed by atoms with Gasteiger partial charge in [0.15, 0.2) is 5.96 Å². The lowest BCUT2D eigenvalue weighted by molar-refractivity contribution is 0.379. The van der Waals surface area contributed by atoms with Crippen molar-refractivity contribution < 1.29 is 9.15 Å².